The summed E-state index contributed by atoms with van der Waals surface area (Å²) in [5.74, 6) is 0.635. The van der Waals surface area contributed by atoms with Crippen LogP contribution in [0.4, 0.5) is 11.6 Å². The first-order valence-corrected chi connectivity index (χ1v) is 13.6. The van der Waals surface area contributed by atoms with E-state index >= 15 is 0 Å². The number of anilines is 2. The Bertz CT molecular complexity index is 1260. The van der Waals surface area contributed by atoms with Gasteiger partial charge in [0.05, 0.1) is 5.56 Å². The first kappa shape index (κ1) is 24.2. The van der Waals surface area contributed by atoms with Crippen LogP contribution in [0.2, 0.25) is 0 Å². The SMILES string of the molecule is CC1CN(c2ncccc2C(=O)NS(=O)(=O)c2cccc(NCCc3cccs3)n2)C(C)(C)C1. The lowest BCUT2D eigenvalue weighted by atomic mass is 9.97. The molecule has 34 heavy (non-hydrogen) atoms. The molecule has 3 aromatic rings. The van der Waals surface area contributed by atoms with Crippen molar-refractivity contribution in [2.45, 2.75) is 44.2 Å². The molecular weight excluding hydrogens is 470 g/mol. The van der Waals surface area contributed by atoms with Crippen molar-refractivity contribution in [2.24, 2.45) is 5.92 Å². The normalized spacial score (nSPS) is 17.5. The fourth-order valence-electron chi connectivity index (χ4n) is 4.41. The number of rotatable bonds is 8. The van der Waals surface area contributed by atoms with Crippen molar-refractivity contribution in [2.75, 3.05) is 23.3 Å². The first-order chi connectivity index (χ1) is 16.2. The van der Waals surface area contributed by atoms with Gasteiger partial charge in [-0.2, -0.15) is 8.42 Å². The summed E-state index contributed by atoms with van der Waals surface area (Å²) < 4.78 is 28.1. The van der Waals surface area contributed by atoms with Crippen LogP contribution in [-0.2, 0) is 16.4 Å². The van der Waals surface area contributed by atoms with Crippen molar-refractivity contribution in [1.29, 1.82) is 0 Å². The number of aromatic nitrogens is 2. The molecule has 0 radical (unpaired) electrons. The summed E-state index contributed by atoms with van der Waals surface area (Å²) in [6.07, 6.45) is 3.38. The Labute approximate surface area is 204 Å². The summed E-state index contributed by atoms with van der Waals surface area (Å²) in [6.45, 7) is 7.72. The molecule has 1 fully saturated rings. The Kier molecular flexibility index (Phi) is 6.90. The zero-order valence-corrected chi connectivity index (χ0v) is 21.1. The van der Waals surface area contributed by atoms with Gasteiger partial charge < -0.3 is 10.2 Å². The predicted molar refractivity (Wildman–Crippen MR) is 135 cm³/mol. The Hall–Kier alpha value is -2.98. The van der Waals surface area contributed by atoms with Crippen molar-refractivity contribution >= 4 is 38.9 Å². The lowest BCUT2D eigenvalue weighted by Gasteiger charge is -2.33. The van der Waals surface area contributed by atoms with E-state index in [2.05, 4.69) is 45.7 Å². The number of pyridine rings is 2. The number of nitrogens with zero attached hydrogens (tertiary/aromatic N) is 3. The average Bonchev–Trinajstić information content (AvgIpc) is 3.40. The highest BCUT2D eigenvalue weighted by atomic mass is 32.2. The van der Waals surface area contributed by atoms with E-state index in [-0.39, 0.29) is 16.1 Å². The van der Waals surface area contributed by atoms with Gasteiger partial charge in [0.25, 0.3) is 15.9 Å². The van der Waals surface area contributed by atoms with Gasteiger partial charge in [0.2, 0.25) is 0 Å². The molecule has 180 valence electrons. The van der Waals surface area contributed by atoms with Gasteiger partial charge in [0.15, 0.2) is 5.03 Å². The maximum atomic E-state index is 13.1. The number of hydrogen-bond donors (Lipinski definition) is 2. The summed E-state index contributed by atoms with van der Waals surface area (Å²) in [5.41, 5.74) is 0.0327. The largest absolute Gasteiger partial charge is 0.370 e. The third kappa shape index (κ3) is 5.39. The van der Waals surface area contributed by atoms with Crippen molar-refractivity contribution < 1.29 is 13.2 Å². The maximum absolute atomic E-state index is 13.1. The maximum Gasteiger partial charge on any atom is 0.281 e. The number of carbonyl (C=O) groups excluding carboxylic acids is 1. The monoisotopic (exact) mass is 499 g/mol. The highest BCUT2D eigenvalue weighted by Crippen LogP contribution is 2.37. The van der Waals surface area contributed by atoms with Crippen LogP contribution in [0.3, 0.4) is 0 Å². The smallest absolute Gasteiger partial charge is 0.281 e. The molecule has 0 spiro atoms. The van der Waals surface area contributed by atoms with Crippen LogP contribution in [0.15, 0.2) is 59.1 Å². The summed E-state index contributed by atoms with van der Waals surface area (Å²) in [4.78, 5) is 25.0. The zero-order chi connectivity index (χ0) is 24.3. The molecule has 1 saturated heterocycles. The number of thiophene rings is 1. The minimum atomic E-state index is -4.17. The van der Waals surface area contributed by atoms with E-state index in [1.54, 1.807) is 41.8 Å². The quantitative estimate of drug-likeness (QED) is 0.484. The lowest BCUT2D eigenvalue weighted by Crippen LogP contribution is -2.41. The van der Waals surface area contributed by atoms with E-state index in [4.69, 9.17) is 0 Å². The summed E-state index contributed by atoms with van der Waals surface area (Å²) in [5, 5.41) is 4.94. The molecule has 0 aromatic carbocycles. The van der Waals surface area contributed by atoms with Crippen molar-refractivity contribution in [3.8, 4) is 0 Å². The van der Waals surface area contributed by atoms with Gasteiger partial charge in [-0.15, -0.1) is 11.3 Å². The molecule has 1 amide bonds. The molecule has 0 bridgehead atoms. The van der Waals surface area contributed by atoms with E-state index in [0.717, 1.165) is 19.4 Å². The van der Waals surface area contributed by atoms with Gasteiger partial charge in [-0.25, -0.2) is 14.7 Å². The molecule has 10 heteroatoms. The molecule has 2 N–H and O–H groups in total. The number of carbonyl (C=O) groups is 1. The Morgan fingerprint density at radius 2 is 2.03 bits per heavy atom. The van der Waals surface area contributed by atoms with Crippen LogP contribution < -0.4 is 14.9 Å². The average molecular weight is 500 g/mol. The minimum Gasteiger partial charge on any atom is -0.370 e. The minimum absolute atomic E-state index is 0.188. The van der Waals surface area contributed by atoms with Gasteiger partial charge in [0, 0.05) is 29.7 Å². The second-order valence-corrected chi connectivity index (χ2v) is 11.8. The third-order valence-corrected chi connectivity index (χ3v) is 8.01. The van der Waals surface area contributed by atoms with E-state index in [9.17, 15) is 13.2 Å². The van der Waals surface area contributed by atoms with E-state index in [1.807, 2.05) is 17.5 Å². The van der Waals surface area contributed by atoms with Gasteiger partial charge >= 0.3 is 0 Å². The molecule has 1 unspecified atom stereocenters. The molecule has 0 saturated carbocycles. The summed E-state index contributed by atoms with van der Waals surface area (Å²) in [7, 11) is -4.17. The molecule has 4 heterocycles. The van der Waals surface area contributed by atoms with E-state index in [0.29, 0.717) is 24.1 Å². The molecule has 4 rings (SSSR count). The Morgan fingerprint density at radius 3 is 2.74 bits per heavy atom. The van der Waals surface area contributed by atoms with Crippen LogP contribution in [0.5, 0.6) is 0 Å². The standard InChI is InChI=1S/C24H29N5O3S2/c1-17-15-24(2,3)29(16-17)22-19(8-5-12-26-22)23(30)28-34(31,32)21-10-4-9-20(27-21)25-13-11-18-7-6-14-33-18/h4-10,12,14,17H,11,13,15-16H2,1-3H3,(H,25,27)(H,28,30). The Balaban J connectivity index is 1.49. The third-order valence-electron chi connectivity index (χ3n) is 5.84. The van der Waals surface area contributed by atoms with Crippen LogP contribution >= 0.6 is 11.3 Å². The van der Waals surface area contributed by atoms with E-state index in [1.165, 1.54) is 10.9 Å². The van der Waals surface area contributed by atoms with Crippen molar-refractivity contribution in [3.05, 3.63) is 64.5 Å². The van der Waals surface area contributed by atoms with E-state index < -0.39 is 15.9 Å². The van der Waals surface area contributed by atoms with Crippen molar-refractivity contribution in [1.82, 2.24) is 14.7 Å². The molecule has 8 nitrogen and oxygen atoms in total. The van der Waals surface area contributed by atoms with Gasteiger partial charge in [-0.1, -0.05) is 19.1 Å². The fraction of sp³-hybridized carbons (Fsp3) is 0.375. The second kappa shape index (κ2) is 9.71. The summed E-state index contributed by atoms with van der Waals surface area (Å²) in [6, 6.07) is 11.9. The molecule has 1 atom stereocenters. The van der Waals surface area contributed by atoms with Crippen LogP contribution in [0.1, 0.15) is 42.4 Å². The topological polar surface area (TPSA) is 104 Å². The fourth-order valence-corrected chi connectivity index (χ4v) is 6.05. The van der Waals surface area contributed by atoms with Crippen LogP contribution in [-0.4, -0.2) is 42.9 Å². The van der Waals surface area contributed by atoms with Crippen molar-refractivity contribution in [3.63, 3.8) is 0 Å². The molecule has 1 aliphatic rings. The van der Waals surface area contributed by atoms with Crippen LogP contribution in [0.25, 0.3) is 0 Å². The second-order valence-electron chi connectivity index (χ2n) is 9.16. The number of hydrogen-bond acceptors (Lipinski definition) is 8. The number of amides is 1. The highest BCUT2D eigenvalue weighted by molar-refractivity contribution is 7.90. The van der Waals surface area contributed by atoms with Gasteiger partial charge in [0.1, 0.15) is 11.6 Å². The Morgan fingerprint density at radius 1 is 1.21 bits per heavy atom. The molecule has 1 aliphatic heterocycles. The molecule has 0 aliphatic carbocycles. The molecular formula is C24H29N5O3S2. The highest BCUT2D eigenvalue weighted by Gasteiger charge is 2.39. The summed E-state index contributed by atoms with van der Waals surface area (Å²) >= 11 is 1.67. The zero-order valence-electron chi connectivity index (χ0n) is 19.5. The van der Waals surface area contributed by atoms with Gasteiger partial charge in [-0.3, -0.25) is 4.79 Å². The lowest BCUT2D eigenvalue weighted by molar-refractivity contribution is 0.0981. The molecule has 3 aromatic heterocycles. The van der Waals surface area contributed by atoms with Gasteiger partial charge in [-0.05, 0) is 68.3 Å². The number of sulfonamides is 1. The van der Waals surface area contributed by atoms with Crippen LogP contribution in [0, 0.1) is 5.92 Å². The predicted octanol–water partition coefficient (Wildman–Crippen LogP) is 3.94. The number of nitrogens with one attached hydrogen (secondary N) is 2. The first-order valence-electron chi connectivity index (χ1n) is 11.2.